The van der Waals surface area contributed by atoms with E-state index >= 15 is 0 Å². The van der Waals surface area contributed by atoms with Gasteiger partial charge >= 0.3 is 0 Å². The van der Waals surface area contributed by atoms with Gasteiger partial charge in [-0.15, -0.1) is 0 Å². The fourth-order valence-electron chi connectivity index (χ4n) is 8.35. The highest BCUT2D eigenvalue weighted by Crippen LogP contribution is 2.40. The molecule has 0 fully saturated rings. The Labute approximate surface area is 363 Å². The number of benzene rings is 7. The van der Waals surface area contributed by atoms with E-state index in [-0.39, 0.29) is 4.75 Å². The molecule has 0 N–H and O–H groups in total. The third kappa shape index (κ3) is 8.23. The second-order valence-electron chi connectivity index (χ2n) is 15.8. The van der Waals surface area contributed by atoms with Gasteiger partial charge in [-0.1, -0.05) is 206 Å². The molecule has 2 unspecified atom stereocenters. The lowest BCUT2D eigenvalue weighted by Crippen LogP contribution is -2.29. The number of nitrogens with zero attached hydrogens (tertiary/aromatic N) is 3. The average Bonchev–Trinajstić information content (AvgIpc) is 3.35. The third-order valence-electron chi connectivity index (χ3n) is 11.8. The van der Waals surface area contributed by atoms with Crippen molar-refractivity contribution in [2.24, 2.45) is 5.92 Å². The molecule has 2 aliphatic rings. The molecule has 0 spiro atoms. The molecule has 61 heavy (non-hydrogen) atoms. The maximum atomic E-state index is 5.14. The van der Waals surface area contributed by atoms with Crippen LogP contribution in [0.5, 0.6) is 0 Å². The van der Waals surface area contributed by atoms with Gasteiger partial charge in [0, 0.05) is 21.4 Å². The van der Waals surface area contributed by atoms with Gasteiger partial charge in [-0.25, -0.2) is 15.0 Å². The number of rotatable bonds is 9. The molecule has 1 aromatic heterocycles. The van der Waals surface area contributed by atoms with Crippen molar-refractivity contribution in [2.45, 2.75) is 17.6 Å². The zero-order valence-corrected chi connectivity index (χ0v) is 34.5. The minimum absolute atomic E-state index is 0.148. The Balaban J connectivity index is 0.989. The minimum Gasteiger partial charge on any atom is -0.208 e. The van der Waals surface area contributed by atoms with Crippen LogP contribution in [0.4, 0.5) is 0 Å². The molecule has 0 saturated carbocycles. The van der Waals surface area contributed by atoms with Gasteiger partial charge in [-0.2, -0.15) is 12.6 Å². The van der Waals surface area contributed by atoms with Gasteiger partial charge in [0.05, 0.1) is 0 Å². The van der Waals surface area contributed by atoms with Crippen molar-refractivity contribution in [1.82, 2.24) is 15.0 Å². The van der Waals surface area contributed by atoms with Crippen LogP contribution >= 0.6 is 12.6 Å². The Morgan fingerprint density at radius 3 is 1.30 bits per heavy atom. The summed E-state index contributed by atoms with van der Waals surface area (Å²) >= 11 is 5.07. The van der Waals surface area contributed by atoms with E-state index in [0.717, 1.165) is 57.3 Å². The molecule has 7 aromatic carbocycles. The molecular formula is C57H43N3S. The molecule has 8 aromatic rings. The van der Waals surface area contributed by atoms with Crippen molar-refractivity contribution < 1.29 is 0 Å². The van der Waals surface area contributed by atoms with Crippen LogP contribution in [0.2, 0.25) is 0 Å². The standard InChI is InChI=1S/C57H43N3S/c61-57(35-8-3-9-36-57)53-33-31-43(32-34-53)42-23-27-45(28-24-42)54-58-55(46-29-25-44(26-30-46)49-19-10-17-47(37-49)40-13-4-1-5-14-40)60-56(59-54)52-22-12-21-51(39-52)50-20-11-18-48(38-50)41-15-6-2-7-16-41/h1-33,35,37-39,53,61H,34,36H2. The summed E-state index contributed by atoms with van der Waals surface area (Å²) in [5.74, 6) is 2.23. The fraction of sp³-hybridized carbons (Fsp3) is 0.0702. The molecule has 292 valence electrons. The van der Waals surface area contributed by atoms with Crippen LogP contribution in [0, 0.1) is 5.92 Å². The first-order valence-electron chi connectivity index (χ1n) is 20.9. The number of hydrogen-bond donors (Lipinski definition) is 1. The summed E-state index contributed by atoms with van der Waals surface area (Å²) in [5, 5.41) is 0. The van der Waals surface area contributed by atoms with E-state index < -0.39 is 0 Å². The molecule has 0 aliphatic heterocycles. The lowest BCUT2D eigenvalue weighted by molar-refractivity contribution is 0.526. The first-order chi connectivity index (χ1) is 30.0. The van der Waals surface area contributed by atoms with Gasteiger partial charge < -0.3 is 0 Å². The molecular weight excluding hydrogens is 759 g/mol. The van der Waals surface area contributed by atoms with Crippen molar-refractivity contribution >= 4 is 18.2 Å². The second-order valence-corrected chi connectivity index (χ2v) is 16.6. The van der Waals surface area contributed by atoms with Crippen LogP contribution < -0.4 is 0 Å². The summed E-state index contributed by atoms with van der Waals surface area (Å²) < 4.78 is -0.148. The summed E-state index contributed by atoms with van der Waals surface area (Å²) in [7, 11) is 0. The Bertz CT molecular complexity index is 2960. The maximum Gasteiger partial charge on any atom is 0.164 e. The second kappa shape index (κ2) is 16.8. The molecule has 10 rings (SSSR count). The number of hydrogen-bond acceptors (Lipinski definition) is 4. The smallest absolute Gasteiger partial charge is 0.164 e. The van der Waals surface area contributed by atoms with Crippen LogP contribution in [0.1, 0.15) is 18.4 Å². The number of thiol groups is 1. The molecule has 0 bridgehead atoms. The van der Waals surface area contributed by atoms with Crippen molar-refractivity contribution in [3.05, 3.63) is 230 Å². The summed E-state index contributed by atoms with van der Waals surface area (Å²) in [5.41, 5.74) is 14.4. The van der Waals surface area contributed by atoms with Crippen LogP contribution in [0.15, 0.2) is 225 Å². The van der Waals surface area contributed by atoms with Crippen molar-refractivity contribution in [3.63, 3.8) is 0 Å². The fourth-order valence-corrected chi connectivity index (χ4v) is 8.73. The van der Waals surface area contributed by atoms with Crippen LogP contribution in [0.25, 0.3) is 84.2 Å². The zero-order chi connectivity index (χ0) is 41.0. The maximum absolute atomic E-state index is 5.14. The third-order valence-corrected chi connectivity index (χ3v) is 12.5. The number of allylic oxidation sites excluding steroid dienone is 7. The molecule has 0 saturated heterocycles. The van der Waals surface area contributed by atoms with E-state index in [1.54, 1.807) is 0 Å². The Morgan fingerprint density at radius 1 is 0.410 bits per heavy atom. The van der Waals surface area contributed by atoms with E-state index in [0.29, 0.717) is 23.4 Å². The first-order valence-corrected chi connectivity index (χ1v) is 21.3. The SMILES string of the molecule is SC1(C2C=CC(c3ccc(-c4nc(-c5ccc(-c6cccc(-c7ccccc7)c6)cc5)nc(-c5cccc(-c6cccc(-c7ccccc7)c6)c5)n4)cc3)=CC2)C=CC=CC1. The molecule has 2 aliphatic carbocycles. The Morgan fingerprint density at radius 2 is 0.820 bits per heavy atom. The van der Waals surface area contributed by atoms with E-state index in [9.17, 15) is 0 Å². The van der Waals surface area contributed by atoms with Crippen molar-refractivity contribution in [3.8, 4) is 78.7 Å². The summed E-state index contributed by atoms with van der Waals surface area (Å²) in [6.07, 6.45) is 17.5. The van der Waals surface area contributed by atoms with E-state index in [1.807, 2.05) is 12.1 Å². The lowest BCUT2D eigenvalue weighted by Gasteiger charge is -2.34. The zero-order valence-electron chi connectivity index (χ0n) is 33.6. The van der Waals surface area contributed by atoms with Crippen LogP contribution in [-0.4, -0.2) is 19.7 Å². The monoisotopic (exact) mass is 801 g/mol. The summed E-state index contributed by atoms with van der Waals surface area (Å²) in [6, 6.07) is 64.0. The molecule has 1 heterocycles. The normalized spacial score (nSPS) is 16.9. The van der Waals surface area contributed by atoms with Gasteiger partial charge in [-0.05, 0) is 92.6 Å². The molecule has 3 nitrogen and oxygen atoms in total. The van der Waals surface area contributed by atoms with Gasteiger partial charge in [-0.3, -0.25) is 0 Å². The molecule has 0 radical (unpaired) electrons. The topological polar surface area (TPSA) is 38.7 Å². The highest BCUT2D eigenvalue weighted by atomic mass is 32.1. The summed E-state index contributed by atoms with van der Waals surface area (Å²) in [6.45, 7) is 0. The van der Waals surface area contributed by atoms with E-state index in [2.05, 4.69) is 212 Å². The largest absolute Gasteiger partial charge is 0.208 e. The van der Waals surface area contributed by atoms with Gasteiger partial charge in [0.2, 0.25) is 0 Å². The highest BCUT2D eigenvalue weighted by Gasteiger charge is 2.31. The van der Waals surface area contributed by atoms with Crippen molar-refractivity contribution in [1.29, 1.82) is 0 Å². The molecule has 4 heteroatoms. The van der Waals surface area contributed by atoms with Crippen molar-refractivity contribution in [2.75, 3.05) is 0 Å². The van der Waals surface area contributed by atoms with Crippen LogP contribution in [0.3, 0.4) is 0 Å². The van der Waals surface area contributed by atoms with Crippen LogP contribution in [-0.2, 0) is 0 Å². The minimum atomic E-state index is -0.148. The van der Waals surface area contributed by atoms with Gasteiger partial charge in [0.15, 0.2) is 17.5 Å². The predicted molar refractivity (Wildman–Crippen MR) is 258 cm³/mol. The first kappa shape index (κ1) is 38.1. The number of aromatic nitrogens is 3. The van der Waals surface area contributed by atoms with Gasteiger partial charge in [0.25, 0.3) is 0 Å². The lowest BCUT2D eigenvalue weighted by atomic mass is 9.80. The predicted octanol–water partition coefficient (Wildman–Crippen LogP) is 14.7. The van der Waals surface area contributed by atoms with E-state index in [1.165, 1.54) is 27.8 Å². The van der Waals surface area contributed by atoms with E-state index in [4.69, 9.17) is 27.6 Å². The highest BCUT2D eigenvalue weighted by molar-refractivity contribution is 7.82. The molecule has 0 amide bonds. The average molecular weight is 802 g/mol. The Hall–Kier alpha value is -7.14. The molecule has 2 atom stereocenters. The Kier molecular flexibility index (Phi) is 10.5. The van der Waals surface area contributed by atoms with Gasteiger partial charge in [0.1, 0.15) is 0 Å². The summed E-state index contributed by atoms with van der Waals surface area (Å²) in [4.78, 5) is 15.4. The quantitative estimate of drug-likeness (QED) is 0.148.